The van der Waals surface area contributed by atoms with E-state index in [-0.39, 0.29) is 18.4 Å². The number of benzene rings is 3. The van der Waals surface area contributed by atoms with Crippen LogP contribution in [0, 0.1) is 13.8 Å². The third kappa shape index (κ3) is 5.26. The van der Waals surface area contributed by atoms with Crippen LogP contribution in [0.15, 0.2) is 72.8 Å². The molecule has 0 unspecified atom stereocenters. The van der Waals surface area contributed by atoms with Crippen LogP contribution in [0.2, 0.25) is 0 Å². The summed E-state index contributed by atoms with van der Waals surface area (Å²) < 4.78 is 5.66. The number of nitrogens with one attached hydrogen (secondary N) is 1. The summed E-state index contributed by atoms with van der Waals surface area (Å²) in [6.45, 7) is 4.33. The van der Waals surface area contributed by atoms with Gasteiger partial charge in [0, 0.05) is 13.6 Å². The van der Waals surface area contributed by atoms with Gasteiger partial charge >= 0.3 is 0 Å². The molecule has 0 radical (unpaired) electrons. The molecule has 154 valence electrons. The number of para-hydroxylation sites is 1. The van der Waals surface area contributed by atoms with E-state index < -0.39 is 0 Å². The van der Waals surface area contributed by atoms with Crippen molar-refractivity contribution < 1.29 is 14.3 Å². The summed E-state index contributed by atoms with van der Waals surface area (Å²) in [7, 11) is 1.65. The van der Waals surface area contributed by atoms with Gasteiger partial charge in [0.25, 0.3) is 11.8 Å². The molecule has 5 nitrogen and oxygen atoms in total. The zero-order valence-electron chi connectivity index (χ0n) is 17.5. The Kier molecular flexibility index (Phi) is 6.86. The van der Waals surface area contributed by atoms with Crippen molar-refractivity contribution in [1.29, 1.82) is 0 Å². The van der Waals surface area contributed by atoms with Crippen molar-refractivity contribution in [2.75, 3.05) is 18.6 Å². The van der Waals surface area contributed by atoms with Crippen LogP contribution >= 0.6 is 0 Å². The lowest BCUT2D eigenvalue weighted by atomic mass is 10.1. The van der Waals surface area contributed by atoms with Gasteiger partial charge < -0.3 is 15.0 Å². The van der Waals surface area contributed by atoms with Crippen molar-refractivity contribution in [2.45, 2.75) is 20.4 Å². The van der Waals surface area contributed by atoms with E-state index in [0.717, 1.165) is 11.1 Å². The number of ether oxygens (including phenoxy) is 1. The van der Waals surface area contributed by atoms with E-state index in [1.165, 1.54) is 10.5 Å². The maximum absolute atomic E-state index is 12.7. The normalized spacial score (nSPS) is 10.4. The Morgan fingerprint density at radius 2 is 1.60 bits per heavy atom. The fourth-order valence-corrected chi connectivity index (χ4v) is 3.01. The summed E-state index contributed by atoms with van der Waals surface area (Å²) in [5.74, 6) is 0.175. The molecule has 0 saturated carbocycles. The van der Waals surface area contributed by atoms with E-state index >= 15 is 0 Å². The molecule has 0 atom stereocenters. The number of carbonyl (C=O) groups excluding carboxylic acids is 2. The lowest BCUT2D eigenvalue weighted by Crippen LogP contribution is -2.33. The van der Waals surface area contributed by atoms with Crippen LogP contribution in [0.4, 0.5) is 5.69 Å². The smallest absolute Gasteiger partial charge is 0.264 e. The first-order valence-corrected chi connectivity index (χ1v) is 9.83. The number of aryl methyl sites for hydroxylation is 2. The second-order valence-corrected chi connectivity index (χ2v) is 7.17. The van der Waals surface area contributed by atoms with Gasteiger partial charge in [-0.2, -0.15) is 0 Å². The predicted octanol–water partition coefficient (Wildman–Crippen LogP) is 4.28. The minimum atomic E-state index is -0.239. The lowest BCUT2D eigenvalue weighted by Gasteiger charge is -2.21. The lowest BCUT2D eigenvalue weighted by molar-refractivity contribution is -0.120. The molecule has 30 heavy (non-hydrogen) atoms. The Morgan fingerprint density at radius 1 is 0.900 bits per heavy atom. The van der Waals surface area contributed by atoms with Gasteiger partial charge in [0.1, 0.15) is 5.75 Å². The van der Waals surface area contributed by atoms with Crippen molar-refractivity contribution in [2.24, 2.45) is 0 Å². The molecule has 0 saturated heterocycles. The maximum Gasteiger partial charge on any atom is 0.264 e. The number of anilines is 1. The number of likely N-dealkylation sites (N-methyl/N-ethyl adjacent to an activating group) is 1. The van der Waals surface area contributed by atoms with E-state index in [4.69, 9.17) is 4.74 Å². The molecule has 3 rings (SSSR count). The monoisotopic (exact) mass is 402 g/mol. The molecule has 0 aliphatic rings. The number of hydrogen-bond acceptors (Lipinski definition) is 3. The second kappa shape index (κ2) is 9.74. The van der Waals surface area contributed by atoms with Gasteiger partial charge in [0.15, 0.2) is 6.61 Å². The number of carbonyl (C=O) groups is 2. The van der Waals surface area contributed by atoms with Gasteiger partial charge in [-0.15, -0.1) is 0 Å². The molecule has 0 aliphatic heterocycles. The topological polar surface area (TPSA) is 58.6 Å². The fraction of sp³-hybridized carbons (Fsp3) is 0.200. The van der Waals surface area contributed by atoms with E-state index in [9.17, 15) is 9.59 Å². The molecule has 3 aromatic rings. The van der Waals surface area contributed by atoms with E-state index in [1.54, 1.807) is 31.3 Å². The predicted molar refractivity (Wildman–Crippen MR) is 119 cm³/mol. The highest BCUT2D eigenvalue weighted by Crippen LogP contribution is 2.21. The number of rotatable bonds is 7. The number of hydrogen-bond donors (Lipinski definition) is 1. The molecular formula is C25H26N2O3. The zero-order chi connectivity index (χ0) is 21.5. The van der Waals surface area contributed by atoms with Gasteiger partial charge in [-0.25, -0.2) is 0 Å². The first-order valence-electron chi connectivity index (χ1n) is 9.83. The average molecular weight is 402 g/mol. The van der Waals surface area contributed by atoms with Gasteiger partial charge in [0.05, 0.1) is 11.3 Å². The highest BCUT2D eigenvalue weighted by atomic mass is 16.5. The standard InChI is InChI=1S/C25H26N2O3/c1-18-13-14-21(15-19(18)2)30-17-24(28)27(3)23-12-8-7-11-22(23)25(29)26-16-20-9-5-4-6-10-20/h4-15H,16-17H2,1-3H3,(H,26,29). The minimum Gasteiger partial charge on any atom is -0.484 e. The van der Waals surface area contributed by atoms with Crippen LogP contribution < -0.4 is 15.0 Å². The molecule has 2 amide bonds. The largest absolute Gasteiger partial charge is 0.484 e. The fourth-order valence-electron chi connectivity index (χ4n) is 3.01. The summed E-state index contributed by atoms with van der Waals surface area (Å²) in [5.41, 5.74) is 4.26. The first kappa shape index (κ1) is 21.1. The van der Waals surface area contributed by atoms with E-state index in [1.807, 2.05) is 62.4 Å². The Bertz CT molecular complexity index is 1030. The van der Waals surface area contributed by atoms with Crippen molar-refractivity contribution in [3.8, 4) is 5.75 Å². The first-order chi connectivity index (χ1) is 14.5. The Morgan fingerprint density at radius 3 is 2.33 bits per heavy atom. The maximum atomic E-state index is 12.7. The van der Waals surface area contributed by atoms with Crippen LogP contribution in [-0.2, 0) is 11.3 Å². The molecule has 0 aliphatic carbocycles. The Balaban J connectivity index is 1.66. The average Bonchev–Trinajstić information content (AvgIpc) is 2.78. The van der Waals surface area contributed by atoms with Crippen LogP contribution in [0.5, 0.6) is 5.75 Å². The summed E-state index contributed by atoms with van der Waals surface area (Å²) >= 11 is 0. The van der Waals surface area contributed by atoms with Gasteiger partial charge in [0.2, 0.25) is 0 Å². The quantitative estimate of drug-likeness (QED) is 0.642. The number of amides is 2. The van der Waals surface area contributed by atoms with Gasteiger partial charge in [-0.05, 0) is 54.8 Å². The van der Waals surface area contributed by atoms with Gasteiger partial charge in [-0.1, -0.05) is 48.5 Å². The van der Waals surface area contributed by atoms with E-state index in [0.29, 0.717) is 23.5 Å². The molecule has 5 heteroatoms. The Hall–Kier alpha value is -3.60. The highest BCUT2D eigenvalue weighted by molar-refractivity contribution is 6.04. The van der Waals surface area contributed by atoms with Crippen molar-refractivity contribution in [3.63, 3.8) is 0 Å². The third-order valence-corrected chi connectivity index (χ3v) is 5.02. The van der Waals surface area contributed by atoms with Crippen LogP contribution in [0.1, 0.15) is 27.0 Å². The molecule has 0 spiro atoms. The zero-order valence-corrected chi connectivity index (χ0v) is 17.5. The summed E-state index contributed by atoms with van der Waals surface area (Å²) in [5, 5.41) is 2.91. The minimum absolute atomic E-state index is 0.112. The van der Waals surface area contributed by atoms with E-state index in [2.05, 4.69) is 5.32 Å². The van der Waals surface area contributed by atoms with Crippen LogP contribution in [0.25, 0.3) is 0 Å². The molecule has 0 bridgehead atoms. The molecule has 0 aromatic heterocycles. The van der Waals surface area contributed by atoms with Crippen LogP contribution in [-0.4, -0.2) is 25.5 Å². The highest BCUT2D eigenvalue weighted by Gasteiger charge is 2.19. The molecule has 3 aromatic carbocycles. The summed E-state index contributed by atoms with van der Waals surface area (Å²) in [6, 6.07) is 22.5. The van der Waals surface area contributed by atoms with Crippen molar-refractivity contribution in [3.05, 3.63) is 95.1 Å². The van der Waals surface area contributed by atoms with Crippen molar-refractivity contribution >= 4 is 17.5 Å². The molecule has 1 N–H and O–H groups in total. The summed E-state index contributed by atoms with van der Waals surface area (Å²) in [4.78, 5) is 26.9. The van der Waals surface area contributed by atoms with Gasteiger partial charge in [-0.3, -0.25) is 9.59 Å². The summed E-state index contributed by atoms with van der Waals surface area (Å²) in [6.07, 6.45) is 0. The SMILES string of the molecule is Cc1ccc(OCC(=O)N(C)c2ccccc2C(=O)NCc2ccccc2)cc1C. The Labute approximate surface area is 177 Å². The van der Waals surface area contributed by atoms with Crippen molar-refractivity contribution in [1.82, 2.24) is 5.32 Å². The van der Waals surface area contributed by atoms with Crippen LogP contribution in [0.3, 0.4) is 0 Å². The molecule has 0 fully saturated rings. The second-order valence-electron chi connectivity index (χ2n) is 7.17. The molecule has 0 heterocycles. The third-order valence-electron chi connectivity index (χ3n) is 5.02. The number of nitrogens with zero attached hydrogens (tertiary/aromatic N) is 1. The molecular weight excluding hydrogens is 376 g/mol.